The Morgan fingerprint density at radius 3 is 2.58 bits per heavy atom. The van der Waals surface area contributed by atoms with Crippen LogP contribution in [0.2, 0.25) is 0 Å². The quantitative estimate of drug-likeness (QED) is 0.880. The lowest BCUT2D eigenvalue weighted by Crippen LogP contribution is -2.37. The zero-order valence-electron chi connectivity index (χ0n) is 13.9. The van der Waals surface area contributed by atoms with Gasteiger partial charge in [-0.1, -0.05) is 6.07 Å². The van der Waals surface area contributed by atoms with Gasteiger partial charge in [-0.05, 0) is 30.7 Å². The number of amides is 1. The van der Waals surface area contributed by atoms with E-state index < -0.39 is 21.5 Å². The van der Waals surface area contributed by atoms with Crippen LogP contribution in [-0.2, 0) is 9.84 Å². The van der Waals surface area contributed by atoms with Crippen molar-refractivity contribution >= 4 is 27.2 Å². The lowest BCUT2D eigenvalue weighted by atomic mass is 10.1. The average molecular weight is 381 g/mol. The monoisotopic (exact) mass is 381 g/mol. The molecule has 1 aromatic heterocycles. The van der Waals surface area contributed by atoms with Crippen molar-refractivity contribution in [3.8, 4) is 0 Å². The van der Waals surface area contributed by atoms with Crippen molar-refractivity contribution in [2.24, 2.45) is 0 Å². The fourth-order valence-corrected chi connectivity index (χ4v) is 4.60. The lowest BCUT2D eigenvalue weighted by Gasteiger charge is -2.23. The molecule has 0 aliphatic carbocycles. The minimum absolute atomic E-state index is 0.0605. The number of halogens is 2. The number of para-hydroxylation sites is 1. The molecule has 1 aliphatic heterocycles. The van der Waals surface area contributed by atoms with Crippen LogP contribution in [0.1, 0.15) is 16.8 Å². The second-order valence-electron chi connectivity index (χ2n) is 6.12. The Morgan fingerprint density at radius 1 is 1.27 bits per heavy atom. The molecule has 138 valence electrons. The molecule has 0 bridgehead atoms. The molecule has 0 saturated carbocycles. The van der Waals surface area contributed by atoms with Gasteiger partial charge in [-0.3, -0.25) is 4.79 Å². The third kappa shape index (κ3) is 3.82. The number of aromatic nitrogens is 1. The average Bonchev–Trinajstić information content (AvgIpc) is 2.97. The minimum atomic E-state index is -3.12. The van der Waals surface area contributed by atoms with E-state index >= 15 is 0 Å². The molecular formula is C17H17F2N3O3S. The summed E-state index contributed by atoms with van der Waals surface area (Å²) in [5, 5.41) is 2.53. The largest absolute Gasteiger partial charge is 0.338 e. The van der Waals surface area contributed by atoms with Crippen LogP contribution >= 0.6 is 0 Å². The van der Waals surface area contributed by atoms with Crippen LogP contribution in [-0.4, -0.2) is 48.8 Å². The van der Waals surface area contributed by atoms with Gasteiger partial charge in [-0.2, -0.15) is 0 Å². The Balaban J connectivity index is 1.80. The number of benzene rings is 1. The van der Waals surface area contributed by atoms with Gasteiger partial charge in [0.15, 0.2) is 9.84 Å². The van der Waals surface area contributed by atoms with Crippen LogP contribution in [0.5, 0.6) is 0 Å². The van der Waals surface area contributed by atoms with Crippen LogP contribution in [0.4, 0.5) is 20.3 Å². The highest BCUT2D eigenvalue weighted by molar-refractivity contribution is 7.91. The number of nitrogens with one attached hydrogen (secondary N) is 1. The van der Waals surface area contributed by atoms with E-state index in [0.29, 0.717) is 6.42 Å². The first-order valence-electron chi connectivity index (χ1n) is 7.91. The van der Waals surface area contributed by atoms with Crippen LogP contribution in [0.3, 0.4) is 0 Å². The Morgan fingerprint density at radius 2 is 1.96 bits per heavy atom. The molecule has 1 atom stereocenters. The fraction of sp³-hybridized carbons (Fsp3) is 0.294. The molecule has 6 nitrogen and oxygen atoms in total. The van der Waals surface area contributed by atoms with E-state index in [9.17, 15) is 22.0 Å². The molecule has 9 heteroatoms. The number of anilines is 2. The molecule has 1 unspecified atom stereocenters. The molecule has 1 aromatic carbocycles. The highest BCUT2D eigenvalue weighted by Gasteiger charge is 2.33. The highest BCUT2D eigenvalue weighted by Crippen LogP contribution is 2.23. The maximum absolute atomic E-state index is 13.7. The van der Waals surface area contributed by atoms with Gasteiger partial charge in [0.25, 0.3) is 5.91 Å². The van der Waals surface area contributed by atoms with Crippen molar-refractivity contribution in [1.29, 1.82) is 0 Å². The van der Waals surface area contributed by atoms with Gasteiger partial charge in [0.05, 0.1) is 11.5 Å². The van der Waals surface area contributed by atoms with Crippen molar-refractivity contribution in [2.45, 2.75) is 12.5 Å². The standard InChI is InChI=1S/C17H17F2N3O3S/c1-22(12-6-8-26(24,25)10-12)17(23)11-5-7-20-15(9-11)21-16-13(18)3-2-4-14(16)19/h2-5,7,9,12H,6,8,10H2,1H3,(H,20,21). The van der Waals surface area contributed by atoms with Crippen molar-refractivity contribution in [1.82, 2.24) is 9.88 Å². The topological polar surface area (TPSA) is 79.4 Å². The van der Waals surface area contributed by atoms with Gasteiger partial charge in [-0.25, -0.2) is 22.2 Å². The van der Waals surface area contributed by atoms with Gasteiger partial charge >= 0.3 is 0 Å². The Hall–Kier alpha value is -2.55. The molecule has 1 amide bonds. The summed E-state index contributed by atoms with van der Waals surface area (Å²) in [5.41, 5.74) is -0.120. The predicted molar refractivity (Wildman–Crippen MR) is 93.0 cm³/mol. The summed E-state index contributed by atoms with van der Waals surface area (Å²) in [7, 11) is -1.58. The molecular weight excluding hydrogens is 364 g/mol. The van der Waals surface area contributed by atoms with Gasteiger partial charge in [-0.15, -0.1) is 0 Å². The van der Waals surface area contributed by atoms with Crippen molar-refractivity contribution in [2.75, 3.05) is 23.9 Å². The summed E-state index contributed by atoms with van der Waals surface area (Å²) in [4.78, 5) is 18.0. The second-order valence-corrected chi connectivity index (χ2v) is 8.35. The zero-order valence-corrected chi connectivity index (χ0v) is 14.8. The number of carbonyl (C=O) groups is 1. The smallest absolute Gasteiger partial charge is 0.254 e. The number of sulfone groups is 1. The van der Waals surface area contributed by atoms with Crippen LogP contribution < -0.4 is 5.32 Å². The van der Waals surface area contributed by atoms with Gasteiger partial charge in [0, 0.05) is 24.8 Å². The molecule has 2 heterocycles. The summed E-state index contributed by atoms with van der Waals surface area (Å²) >= 11 is 0. The molecule has 0 spiro atoms. The second kappa shape index (κ2) is 6.99. The summed E-state index contributed by atoms with van der Waals surface area (Å²) in [6.07, 6.45) is 1.73. The summed E-state index contributed by atoms with van der Waals surface area (Å²) in [6, 6.07) is 5.90. The van der Waals surface area contributed by atoms with Gasteiger partial charge in [0.2, 0.25) is 0 Å². The number of hydrogen-bond donors (Lipinski definition) is 1. The maximum atomic E-state index is 13.7. The third-order valence-corrected chi connectivity index (χ3v) is 6.05. The van der Waals surface area contributed by atoms with Gasteiger partial charge < -0.3 is 10.2 Å². The normalized spacial score (nSPS) is 18.5. The Kier molecular flexibility index (Phi) is 4.90. The van der Waals surface area contributed by atoms with E-state index in [-0.39, 0.29) is 40.5 Å². The summed E-state index contributed by atoms with van der Waals surface area (Å²) in [6.45, 7) is 0. The lowest BCUT2D eigenvalue weighted by molar-refractivity contribution is 0.0747. The van der Waals surface area contributed by atoms with Crippen LogP contribution in [0.25, 0.3) is 0 Å². The van der Waals surface area contributed by atoms with Crippen molar-refractivity contribution in [3.63, 3.8) is 0 Å². The molecule has 1 aliphatic rings. The van der Waals surface area contributed by atoms with E-state index in [2.05, 4.69) is 10.3 Å². The summed E-state index contributed by atoms with van der Waals surface area (Å²) in [5.74, 6) is -1.84. The molecule has 2 aromatic rings. The summed E-state index contributed by atoms with van der Waals surface area (Å²) < 4.78 is 50.7. The van der Waals surface area contributed by atoms with E-state index in [1.807, 2.05) is 0 Å². The third-order valence-electron chi connectivity index (χ3n) is 4.30. The number of carbonyl (C=O) groups excluding carboxylic acids is 1. The molecule has 1 fully saturated rings. The molecule has 1 saturated heterocycles. The van der Waals surface area contributed by atoms with Crippen LogP contribution in [0, 0.1) is 11.6 Å². The highest BCUT2D eigenvalue weighted by atomic mass is 32.2. The Bertz CT molecular complexity index is 930. The molecule has 3 rings (SSSR count). The number of nitrogens with zero attached hydrogens (tertiary/aromatic N) is 2. The maximum Gasteiger partial charge on any atom is 0.254 e. The first kappa shape index (κ1) is 18.2. The minimum Gasteiger partial charge on any atom is -0.338 e. The number of rotatable bonds is 4. The van der Waals surface area contributed by atoms with E-state index in [4.69, 9.17) is 0 Å². The van der Waals surface area contributed by atoms with Gasteiger partial charge in [0.1, 0.15) is 23.1 Å². The van der Waals surface area contributed by atoms with Crippen molar-refractivity contribution in [3.05, 3.63) is 53.7 Å². The first-order chi connectivity index (χ1) is 12.3. The molecule has 1 N–H and O–H groups in total. The van der Waals surface area contributed by atoms with E-state index in [0.717, 1.165) is 12.1 Å². The van der Waals surface area contributed by atoms with Crippen molar-refractivity contribution < 1.29 is 22.0 Å². The number of hydrogen-bond acceptors (Lipinski definition) is 5. The zero-order chi connectivity index (χ0) is 18.9. The predicted octanol–water partition coefficient (Wildman–Crippen LogP) is 2.36. The SMILES string of the molecule is CN(C(=O)c1ccnc(Nc2c(F)cccc2F)c1)C1CCS(=O)(=O)C1. The van der Waals surface area contributed by atoms with E-state index in [1.165, 1.54) is 36.3 Å². The Labute approximate surface area is 149 Å². The number of pyridine rings is 1. The molecule has 0 radical (unpaired) electrons. The molecule has 26 heavy (non-hydrogen) atoms. The van der Waals surface area contributed by atoms with E-state index in [1.54, 1.807) is 0 Å². The fourth-order valence-electron chi connectivity index (χ4n) is 2.83. The first-order valence-corrected chi connectivity index (χ1v) is 9.73. The van der Waals surface area contributed by atoms with Crippen LogP contribution in [0.15, 0.2) is 36.5 Å².